The average molecular weight is 348 g/mol. The van der Waals surface area contributed by atoms with Crippen LogP contribution >= 0.6 is 0 Å². The van der Waals surface area contributed by atoms with E-state index in [-0.39, 0.29) is 11.9 Å². The maximum absolute atomic E-state index is 12.6. The van der Waals surface area contributed by atoms with E-state index in [4.69, 9.17) is 0 Å². The van der Waals surface area contributed by atoms with Crippen molar-refractivity contribution < 1.29 is 13.2 Å². The predicted octanol–water partition coefficient (Wildman–Crippen LogP) is 2.28. The van der Waals surface area contributed by atoms with Gasteiger partial charge in [-0.1, -0.05) is 12.1 Å². The second-order valence-corrected chi connectivity index (χ2v) is 9.41. The van der Waals surface area contributed by atoms with Crippen molar-refractivity contribution in [3.8, 4) is 0 Å². The number of amides is 1. The van der Waals surface area contributed by atoms with Gasteiger partial charge < -0.3 is 5.32 Å². The van der Waals surface area contributed by atoms with Crippen LogP contribution in [0.4, 0.5) is 0 Å². The number of hydrogen-bond donors (Lipinski definition) is 1. The normalized spacial score (nSPS) is 21.0. The molecule has 0 atom stereocenters. The summed E-state index contributed by atoms with van der Waals surface area (Å²) in [6.45, 7) is 0.421. The number of carbonyl (C=O) groups is 1. The van der Waals surface area contributed by atoms with Crippen molar-refractivity contribution in [1.82, 2.24) is 9.62 Å². The van der Waals surface area contributed by atoms with Crippen molar-refractivity contribution in [3.63, 3.8) is 0 Å². The quantitative estimate of drug-likeness (QED) is 0.784. The molecule has 0 heterocycles. The van der Waals surface area contributed by atoms with Crippen LogP contribution in [-0.2, 0) is 16.6 Å². The van der Waals surface area contributed by atoms with Crippen molar-refractivity contribution in [1.29, 1.82) is 0 Å². The molecule has 1 aromatic carbocycles. The van der Waals surface area contributed by atoms with Gasteiger partial charge in [-0.15, -0.1) is 0 Å². The largest absolute Gasteiger partial charge is 0.349 e. The molecule has 24 heavy (non-hydrogen) atoms. The fourth-order valence-electron chi connectivity index (χ4n) is 2.93. The van der Waals surface area contributed by atoms with Gasteiger partial charge in [0.15, 0.2) is 0 Å². The molecular weight excluding hydrogens is 324 g/mol. The van der Waals surface area contributed by atoms with Gasteiger partial charge in [0.25, 0.3) is 5.91 Å². The van der Waals surface area contributed by atoms with Gasteiger partial charge in [-0.05, 0) is 62.1 Å². The zero-order valence-electron chi connectivity index (χ0n) is 13.8. The summed E-state index contributed by atoms with van der Waals surface area (Å²) in [4.78, 5) is 12.0. The number of sulfonamides is 1. The first-order chi connectivity index (χ1) is 11.5. The van der Waals surface area contributed by atoms with E-state index in [1.165, 1.54) is 0 Å². The molecule has 0 aliphatic heterocycles. The molecule has 3 fully saturated rings. The van der Waals surface area contributed by atoms with E-state index in [0.29, 0.717) is 29.8 Å². The van der Waals surface area contributed by atoms with E-state index in [1.54, 1.807) is 16.4 Å². The lowest BCUT2D eigenvalue weighted by atomic mass is 10.1. The first-order valence-electron chi connectivity index (χ1n) is 8.90. The Labute approximate surface area is 143 Å². The third kappa shape index (κ3) is 3.98. The van der Waals surface area contributed by atoms with Crippen LogP contribution in [0.3, 0.4) is 0 Å². The van der Waals surface area contributed by atoms with Gasteiger partial charge in [-0.25, -0.2) is 8.42 Å². The van der Waals surface area contributed by atoms with E-state index in [9.17, 15) is 13.2 Å². The Morgan fingerprint density at radius 2 is 1.71 bits per heavy atom. The summed E-state index contributed by atoms with van der Waals surface area (Å²) >= 11 is 0. The fourth-order valence-corrected chi connectivity index (χ4v) is 5.06. The summed E-state index contributed by atoms with van der Waals surface area (Å²) in [6.07, 6.45) is 6.15. The average Bonchev–Trinajstić information content (AvgIpc) is 3.37. The van der Waals surface area contributed by atoms with Crippen LogP contribution in [0.25, 0.3) is 0 Å². The first-order valence-corrected chi connectivity index (χ1v) is 10.5. The Balaban J connectivity index is 1.43. The minimum Gasteiger partial charge on any atom is -0.349 e. The number of hydrogen-bond acceptors (Lipinski definition) is 3. The molecule has 6 heteroatoms. The van der Waals surface area contributed by atoms with Gasteiger partial charge >= 0.3 is 0 Å². The third-order valence-electron chi connectivity index (χ3n) is 4.92. The Kier molecular flexibility index (Phi) is 4.12. The highest BCUT2D eigenvalue weighted by molar-refractivity contribution is 7.89. The second-order valence-electron chi connectivity index (χ2n) is 7.44. The van der Waals surface area contributed by atoms with Crippen molar-refractivity contribution in [3.05, 3.63) is 35.4 Å². The zero-order valence-corrected chi connectivity index (χ0v) is 14.6. The summed E-state index contributed by atoms with van der Waals surface area (Å²) < 4.78 is 26.9. The van der Waals surface area contributed by atoms with E-state index < -0.39 is 10.0 Å². The minimum absolute atomic E-state index is 0.0375. The van der Waals surface area contributed by atoms with Crippen molar-refractivity contribution >= 4 is 15.9 Å². The highest BCUT2D eigenvalue weighted by Gasteiger charge is 2.39. The molecule has 4 rings (SSSR count). The molecule has 0 unspecified atom stereocenters. The van der Waals surface area contributed by atoms with E-state index in [1.807, 2.05) is 12.1 Å². The highest BCUT2D eigenvalue weighted by atomic mass is 32.2. The molecule has 1 aromatic rings. The topological polar surface area (TPSA) is 66.5 Å². The maximum Gasteiger partial charge on any atom is 0.251 e. The highest BCUT2D eigenvalue weighted by Crippen LogP contribution is 2.36. The predicted molar refractivity (Wildman–Crippen MR) is 92.0 cm³/mol. The summed E-state index contributed by atoms with van der Waals surface area (Å²) in [5.74, 6) is 0.625. The van der Waals surface area contributed by atoms with Crippen LogP contribution in [0.1, 0.15) is 54.4 Å². The van der Waals surface area contributed by atoms with Crippen molar-refractivity contribution in [2.24, 2.45) is 5.92 Å². The molecule has 0 aromatic heterocycles. The van der Waals surface area contributed by atoms with Crippen LogP contribution in [0.15, 0.2) is 24.3 Å². The molecule has 0 spiro atoms. The van der Waals surface area contributed by atoms with Crippen molar-refractivity contribution in [2.75, 3.05) is 5.75 Å². The first kappa shape index (κ1) is 16.1. The lowest BCUT2D eigenvalue weighted by molar-refractivity contribution is 0.0951. The Morgan fingerprint density at radius 3 is 2.25 bits per heavy atom. The van der Waals surface area contributed by atoms with E-state index in [2.05, 4.69) is 5.32 Å². The van der Waals surface area contributed by atoms with Gasteiger partial charge in [0.2, 0.25) is 10.0 Å². The number of nitrogens with zero attached hydrogens (tertiary/aromatic N) is 1. The summed E-state index contributed by atoms with van der Waals surface area (Å²) in [7, 11) is -3.17. The second kappa shape index (κ2) is 6.15. The molecule has 3 aliphatic rings. The summed E-state index contributed by atoms with van der Waals surface area (Å²) in [5.41, 5.74) is 1.59. The van der Waals surface area contributed by atoms with Gasteiger partial charge in [0.05, 0.1) is 5.75 Å². The van der Waals surface area contributed by atoms with Gasteiger partial charge in [0.1, 0.15) is 0 Å². The molecule has 130 valence electrons. The minimum atomic E-state index is -3.17. The summed E-state index contributed by atoms with van der Waals surface area (Å²) in [5, 5.41) is 2.97. The summed E-state index contributed by atoms with van der Waals surface area (Å²) in [6, 6.07) is 7.87. The molecule has 0 bridgehead atoms. The maximum atomic E-state index is 12.6. The Bertz CT molecular complexity index is 717. The van der Waals surface area contributed by atoms with Crippen LogP contribution in [0.2, 0.25) is 0 Å². The zero-order chi connectivity index (χ0) is 16.7. The molecule has 0 radical (unpaired) electrons. The van der Waals surface area contributed by atoms with Crippen LogP contribution < -0.4 is 5.32 Å². The number of benzene rings is 1. The fraction of sp³-hybridized carbons (Fsp3) is 0.611. The van der Waals surface area contributed by atoms with Gasteiger partial charge in [-0.3, -0.25) is 4.79 Å². The molecule has 0 saturated heterocycles. The lowest BCUT2D eigenvalue weighted by Gasteiger charge is -2.22. The Morgan fingerprint density at radius 1 is 1.04 bits per heavy atom. The standard InChI is InChI=1S/C18H24N2O3S/c21-18(19-16-7-8-16)15-5-3-13(4-6-15)11-20(17-9-10-17)24(22,23)12-14-1-2-14/h3-6,14,16-17H,1-2,7-12H2,(H,19,21). The number of nitrogens with one attached hydrogen (secondary N) is 1. The van der Waals surface area contributed by atoms with Crippen LogP contribution in [0, 0.1) is 5.92 Å². The lowest BCUT2D eigenvalue weighted by Crippen LogP contribution is -2.35. The SMILES string of the molecule is O=C(NC1CC1)c1ccc(CN(C2CC2)S(=O)(=O)CC2CC2)cc1. The smallest absolute Gasteiger partial charge is 0.251 e. The van der Waals surface area contributed by atoms with Gasteiger partial charge in [0, 0.05) is 24.2 Å². The molecule has 1 N–H and O–H groups in total. The molecular formula is C18H24N2O3S. The van der Waals surface area contributed by atoms with Crippen LogP contribution in [0.5, 0.6) is 0 Å². The van der Waals surface area contributed by atoms with E-state index >= 15 is 0 Å². The molecule has 3 saturated carbocycles. The molecule has 1 amide bonds. The monoisotopic (exact) mass is 348 g/mol. The number of carbonyl (C=O) groups excluding carboxylic acids is 1. The number of rotatable bonds is 8. The molecule has 3 aliphatic carbocycles. The van der Waals surface area contributed by atoms with Crippen LogP contribution in [-0.4, -0.2) is 36.5 Å². The third-order valence-corrected chi connectivity index (χ3v) is 6.96. The Hall–Kier alpha value is -1.40. The molecule has 5 nitrogen and oxygen atoms in total. The van der Waals surface area contributed by atoms with E-state index in [0.717, 1.165) is 44.1 Å². The van der Waals surface area contributed by atoms with Crippen molar-refractivity contribution in [2.45, 2.75) is 57.2 Å². The van der Waals surface area contributed by atoms with Gasteiger partial charge in [-0.2, -0.15) is 4.31 Å².